The van der Waals surface area contributed by atoms with Crippen LogP contribution in [0, 0.1) is 11.3 Å². The van der Waals surface area contributed by atoms with Crippen molar-refractivity contribution in [3.05, 3.63) is 119 Å². The topological polar surface area (TPSA) is 101 Å². The number of hydrogen-bond acceptors (Lipinski definition) is 6. The van der Waals surface area contributed by atoms with Crippen LogP contribution >= 0.6 is 0 Å². The number of methoxy groups -OCH3 is 1. The Labute approximate surface area is 221 Å². The molecular formula is C31H26N2O5. The summed E-state index contributed by atoms with van der Waals surface area (Å²) in [5.41, 5.74) is 2.87. The van der Waals surface area contributed by atoms with E-state index in [2.05, 4.69) is 5.32 Å². The summed E-state index contributed by atoms with van der Waals surface area (Å²) in [6.07, 6.45) is 1.48. The molecular weight excluding hydrogens is 480 g/mol. The molecule has 0 fully saturated rings. The normalized spacial score (nSPS) is 10.8. The second-order valence-corrected chi connectivity index (χ2v) is 8.26. The molecule has 190 valence electrons. The van der Waals surface area contributed by atoms with E-state index >= 15 is 0 Å². The fourth-order valence-electron chi connectivity index (χ4n) is 3.60. The van der Waals surface area contributed by atoms with E-state index in [0.29, 0.717) is 35.1 Å². The lowest BCUT2D eigenvalue weighted by Gasteiger charge is -2.14. The monoisotopic (exact) mass is 506 g/mol. The van der Waals surface area contributed by atoms with Crippen molar-refractivity contribution < 1.29 is 24.1 Å². The molecule has 4 rings (SSSR count). The Hall–Kier alpha value is -5.22. The lowest BCUT2D eigenvalue weighted by molar-refractivity contribution is -0.112. The zero-order valence-corrected chi connectivity index (χ0v) is 20.8. The van der Waals surface area contributed by atoms with Gasteiger partial charge >= 0.3 is 0 Å². The molecule has 0 heterocycles. The highest BCUT2D eigenvalue weighted by Crippen LogP contribution is 2.30. The third kappa shape index (κ3) is 6.93. The molecule has 4 aromatic carbocycles. The molecule has 0 aliphatic heterocycles. The largest absolute Gasteiger partial charge is 0.508 e. The van der Waals surface area contributed by atoms with E-state index in [1.54, 1.807) is 37.4 Å². The molecule has 7 heteroatoms. The fraction of sp³-hybridized carbons (Fsp3) is 0.0968. The number of ether oxygens (including phenoxy) is 3. The van der Waals surface area contributed by atoms with Crippen LogP contribution in [-0.2, 0) is 18.0 Å². The van der Waals surface area contributed by atoms with Crippen LogP contribution in [0.25, 0.3) is 6.08 Å². The molecule has 0 aliphatic rings. The van der Waals surface area contributed by atoms with Crippen LogP contribution < -0.4 is 19.5 Å². The first-order valence-electron chi connectivity index (χ1n) is 11.8. The number of carbonyl (C=O) groups excluding carboxylic acids is 1. The van der Waals surface area contributed by atoms with Gasteiger partial charge in [0.1, 0.15) is 36.4 Å². The number of phenols is 1. The first kappa shape index (κ1) is 25.9. The molecule has 0 aromatic heterocycles. The van der Waals surface area contributed by atoms with E-state index in [9.17, 15) is 15.2 Å². The molecule has 7 nitrogen and oxygen atoms in total. The number of nitrogens with zero attached hydrogens (tertiary/aromatic N) is 1. The highest BCUT2D eigenvalue weighted by Gasteiger charge is 2.12. The lowest BCUT2D eigenvalue weighted by atomic mass is 10.1. The molecule has 0 unspecified atom stereocenters. The van der Waals surface area contributed by atoms with Crippen molar-refractivity contribution in [2.75, 3.05) is 12.4 Å². The Balaban J connectivity index is 1.44. The number of benzene rings is 4. The molecule has 0 bridgehead atoms. The van der Waals surface area contributed by atoms with Gasteiger partial charge in [-0.05, 0) is 59.7 Å². The van der Waals surface area contributed by atoms with E-state index < -0.39 is 5.91 Å². The summed E-state index contributed by atoms with van der Waals surface area (Å²) in [6, 6.07) is 30.6. The summed E-state index contributed by atoms with van der Waals surface area (Å²) in [7, 11) is 1.59. The van der Waals surface area contributed by atoms with Crippen molar-refractivity contribution in [2.45, 2.75) is 13.2 Å². The number of nitriles is 1. The van der Waals surface area contributed by atoms with Crippen LogP contribution in [-0.4, -0.2) is 18.1 Å². The van der Waals surface area contributed by atoms with E-state index in [-0.39, 0.29) is 17.9 Å². The zero-order chi connectivity index (χ0) is 26.7. The molecule has 0 radical (unpaired) electrons. The summed E-state index contributed by atoms with van der Waals surface area (Å²) < 4.78 is 17.5. The molecule has 38 heavy (non-hydrogen) atoms. The average Bonchev–Trinajstić information content (AvgIpc) is 2.96. The summed E-state index contributed by atoms with van der Waals surface area (Å²) in [5, 5.41) is 21.7. The van der Waals surface area contributed by atoms with Crippen molar-refractivity contribution in [1.29, 1.82) is 5.26 Å². The Morgan fingerprint density at radius 3 is 2.26 bits per heavy atom. The minimum absolute atomic E-state index is 0.0806. The Morgan fingerprint density at radius 2 is 1.53 bits per heavy atom. The Kier molecular flexibility index (Phi) is 8.61. The number of hydrogen-bond donors (Lipinski definition) is 2. The van der Waals surface area contributed by atoms with Crippen LogP contribution in [0.4, 0.5) is 5.69 Å². The van der Waals surface area contributed by atoms with Gasteiger partial charge in [0.25, 0.3) is 5.91 Å². The van der Waals surface area contributed by atoms with Gasteiger partial charge in [0.05, 0.1) is 7.11 Å². The summed E-state index contributed by atoms with van der Waals surface area (Å²) in [4.78, 5) is 12.6. The van der Waals surface area contributed by atoms with Gasteiger partial charge in [-0.2, -0.15) is 5.26 Å². The summed E-state index contributed by atoms with van der Waals surface area (Å²) in [5.74, 6) is 1.25. The van der Waals surface area contributed by atoms with Crippen molar-refractivity contribution in [1.82, 2.24) is 0 Å². The van der Waals surface area contributed by atoms with Gasteiger partial charge < -0.3 is 24.6 Å². The van der Waals surface area contributed by atoms with E-state index in [0.717, 1.165) is 11.1 Å². The van der Waals surface area contributed by atoms with Gasteiger partial charge in [0.15, 0.2) is 11.5 Å². The molecule has 0 atom stereocenters. The quantitative estimate of drug-likeness (QED) is 0.153. The molecule has 0 aliphatic carbocycles. The standard InChI is InChI=1S/C31H26N2O5/c1-36-30-17-23(11-16-29(30)38-20-22-7-3-2-4-8-22)21-37-28-10-6-5-9-24(28)18-25(19-32)31(35)33-26-12-14-27(34)15-13-26/h2-18,34H,20-21H2,1H3,(H,33,35)/b25-18+. The van der Waals surface area contributed by atoms with Crippen LogP contribution in [0.5, 0.6) is 23.0 Å². The Morgan fingerprint density at radius 1 is 0.842 bits per heavy atom. The van der Waals surface area contributed by atoms with Crippen molar-refractivity contribution in [2.24, 2.45) is 0 Å². The molecule has 2 N–H and O–H groups in total. The molecule has 0 saturated carbocycles. The molecule has 1 amide bonds. The number of phenolic OH excluding ortho intramolecular Hbond substituents is 1. The van der Waals surface area contributed by atoms with Crippen LogP contribution in [0.15, 0.2) is 103 Å². The van der Waals surface area contributed by atoms with Gasteiger partial charge in [0, 0.05) is 11.3 Å². The number of amides is 1. The second-order valence-electron chi connectivity index (χ2n) is 8.26. The summed E-state index contributed by atoms with van der Waals surface area (Å²) >= 11 is 0. The molecule has 0 saturated heterocycles. The first-order chi connectivity index (χ1) is 18.6. The predicted molar refractivity (Wildman–Crippen MR) is 145 cm³/mol. The fourth-order valence-corrected chi connectivity index (χ4v) is 3.60. The van der Waals surface area contributed by atoms with Gasteiger partial charge in [0.2, 0.25) is 0 Å². The SMILES string of the molecule is COc1cc(COc2ccccc2/C=C(\C#N)C(=O)Nc2ccc(O)cc2)ccc1OCc1ccccc1. The van der Waals surface area contributed by atoms with E-state index in [1.165, 1.54) is 18.2 Å². The number of para-hydroxylation sites is 1. The predicted octanol–water partition coefficient (Wildman–Crippen LogP) is 6.10. The van der Waals surface area contributed by atoms with Crippen molar-refractivity contribution >= 4 is 17.7 Å². The smallest absolute Gasteiger partial charge is 0.266 e. The number of nitrogens with one attached hydrogen (secondary N) is 1. The van der Waals surface area contributed by atoms with Crippen molar-refractivity contribution in [3.8, 4) is 29.1 Å². The third-order valence-corrected chi connectivity index (χ3v) is 5.57. The zero-order valence-electron chi connectivity index (χ0n) is 20.8. The number of rotatable bonds is 10. The Bertz CT molecular complexity index is 1460. The van der Waals surface area contributed by atoms with Crippen molar-refractivity contribution in [3.63, 3.8) is 0 Å². The second kappa shape index (κ2) is 12.7. The molecule has 4 aromatic rings. The minimum Gasteiger partial charge on any atom is -0.508 e. The maximum Gasteiger partial charge on any atom is 0.266 e. The van der Waals surface area contributed by atoms with E-state index in [4.69, 9.17) is 14.2 Å². The average molecular weight is 507 g/mol. The maximum atomic E-state index is 12.6. The van der Waals surface area contributed by atoms with Crippen LogP contribution in [0.1, 0.15) is 16.7 Å². The maximum absolute atomic E-state index is 12.6. The van der Waals surface area contributed by atoms with Gasteiger partial charge in [-0.25, -0.2) is 0 Å². The number of carbonyl (C=O) groups is 1. The van der Waals surface area contributed by atoms with Crippen LogP contribution in [0.2, 0.25) is 0 Å². The lowest BCUT2D eigenvalue weighted by Crippen LogP contribution is -2.13. The number of anilines is 1. The molecule has 0 spiro atoms. The highest BCUT2D eigenvalue weighted by molar-refractivity contribution is 6.09. The van der Waals surface area contributed by atoms with Gasteiger partial charge in [-0.1, -0.05) is 54.6 Å². The first-order valence-corrected chi connectivity index (χ1v) is 11.8. The third-order valence-electron chi connectivity index (χ3n) is 5.57. The summed E-state index contributed by atoms with van der Waals surface area (Å²) in [6.45, 7) is 0.663. The van der Waals surface area contributed by atoms with E-state index in [1.807, 2.05) is 60.7 Å². The van der Waals surface area contributed by atoms with Gasteiger partial charge in [-0.3, -0.25) is 4.79 Å². The minimum atomic E-state index is -0.566. The highest BCUT2D eigenvalue weighted by atomic mass is 16.5. The van der Waals surface area contributed by atoms with Crippen LogP contribution in [0.3, 0.4) is 0 Å². The van der Waals surface area contributed by atoms with Gasteiger partial charge in [-0.15, -0.1) is 0 Å². The number of aromatic hydroxyl groups is 1.